The molecule has 0 aliphatic heterocycles. The first kappa shape index (κ1) is 23.9. The van der Waals surface area contributed by atoms with E-state index in [2.05, 4.69) is 9.97 Å². The SMILES string of the molecule is CCOC(=O)c1[nH]c(C)c(C(=O)COC(=O)c2[nH]c(C)c(C(=O)OC(C)C)c2C)c1C. The number of hydrogen-bond acceptors (Lipinski definition) is 7. The van der Waals surface area contributed by atoms with E-state index in [9.17, 15) is 19.2 Å². The number of rotatable bonds is 8. The Morgan fingerprint density at radius 1 is 0.774 bits per heavy atom. The zero-order chi connectivity index (χ0) is 23.5. The summed E-state index contributed by atoms with van der Waals surface area (Å²) in [5.74, 6) is -2.33. The Balaban J connectivity index is 2.16. The van der Waals surface area contributed by atoms with Gasteiger partial charge in [0.15, 0.2) is 6.61 Å². The number of ether oxygens (including phenoxy) is 3. The van der Waals surface area contributed by atoms with Crippen LogP contribution in [-0.2, 0) is 14.2 Å². The maximum absolute atomic E-state index is 12.7. The van der Waals surface area contributed by atoms with Gasteiger partial charge in [0.1, 0.15) is 11.4 Å². The van der Waals surface area contributed by atoms with Gasteiger partial charge in [-0.2, -0.15) is 0 Å². The molecule has 2 aromatic rings. The number of aromatic nitrogens is 2. The molecule has 0 aromatic carbocycles. The van der Waals surface area contributed by atoms with Crippen molar-refractivity contribution in [3.8, 4) is 0 Å². The molecule has 0 unspecified atom stereocenters. The maximum Gasteiger partial charge on any atom is 0.355 e. The molecule has 0 amide bonds. The highest BCUT2D eigenvalue weighted by atomic mass is 16.5. The molecule has 0 aliphatic rings. The second-order valence-electron chi connectivity index (χ2n) is 7.42. The van der Waals surface area contributed by atoms with Gasteiger partial charge in [-0.1, -0.05) is 0 Å². The third-order valence-electron chi connectivity index (χ3n) is 4.72. The molecule has 0 fully saturated rings. The minimum Gasteiger partial charge on any atom is -0.461 e. The Bertz CT molecular complexity index is 1030. The number of aryl methyl sites for hydroxylation is 2. The van der Waals surface area contributed by atoms with Gasteiger partial charge >= 0.3 is 17.9 Å². The molecule has 2 N–H and O–H groups in total. The van der Waals surface area contributed by atoms with Gasteiger partial charge in [0.05, 0.1) is 18.3 Å². The van der Waals surface area contributed by atoms with Gasteiger partial charge < -0.3 is 24.2 Å². The lowest BCUT2D eigenvalue weighted by Gasteiger charge is -2.08. The molecule has 0 spiro atoms. The number of carbonyl (C=O) groups is 4. The van der Waals surface area contributed by atoms with E-state index in [1.807, 2.05) is 0 Å². The maximum atomic E-state index is 12.7. The third kappa shape index (κ3) is 5.04. The molecule has 9 nitrogen and oxygen atoms in total. The zero-order valence-electron chi connectivity index (χ0n) is 18.8. The highest BCUT2D eigenvalue weighted by Gasteiger charge is 2.27. The summed E-state index contributed by atoms with van der Waals surface area (Å²) >= 11 is 0. The van der Waals surface area contributed by atoms with Crippen LogP contribution in [0.5, 0.6) is 0 Å². The number of esters is 3. The smallest absolute Gasteiger partial charge is 0.355 e. The van der Waals surface area contributed by atoms with Crippen molar-refractivity contribution in [1.82, 2.24) is 9.97 Å². The summed E-state index contributed by atoms with van der Waals surface area (Å²) in [6.45, 7) is 11.4. The van der Waals surface area contributed by atoms with Gasteiger partial charge in [-0.3, -0.25) is 4.79 Å². The van der Waals surface area contributed by atoms with Crippen molar-refractivity contribution >= 4 is 23.7 Å². The molecule has 2 aromatic heterocycles. The van der Waals surface area contributed by atoms with Gasteiger partial charge in [0.25, 0.3) is 0 Å². The van der Waals surface area contributed by atoms with E-state index in [-0.39, 0.29) is 35.2 Å². The van der Waals surface area contributed by atoms with E-state index in [1.54, 1.807) is 48.5 Å². The first-order valence-corrected chi connectivity index (χ1v) is 9.96. The fourth-order valence-electron chi connectivity index (χ4n) is 3.38. The molecular weight excluding hydrogens is 404 g/mol. The van der Waals surface area contributed by atoms with Crippen molar-refractivity contribution in [3.63, 3.8) is 0 Å². The van der Waals surface area contributed by atoms with Crippen LogP contribution in [0.3, 0.4) is 0 Å². The molecule has 168 valence electrons. The van der Waals surface area contributed by atoms with E-state index >= 15 is 0 Å². The fourth-order valence-corrected chi connectivity index (χ4v) is 3.38. The van der Waals surface area contributed by atoms with Crippen LogP contribution in [0.1, 0.15) is 85.0 Å². The van der Waals surface area contributed by atoms with Crippen molar-refractivity contribution in [2.24, 2.45) is 0 Å². The van der Waals surface area contributed by atoms with Crippen LogP contribution in [0.2, 0.25) is 0 Å². The number of carbonyl (C=O) groups excluding carboxylic acids is 4. The number of hydrogen-bond donors (Lipinski definition) is 2. The van der Waals surface area contributed by atoms with Crippen molar-refractivity contribution in [1.29, 1.82) is 0 Å². The number of Topliss-reactive ketones (excluding diaryl/α,β-unsaturated/α-hetero) is 1. The Labute approximate surface area is 180 Å². The van der Waals surface area contributed by atoms with Crippen molar-refractivity contribution in [2.45, 2.75) is 54.6 Å². The van der Waals surface area contributed by atoms with Crippen LogP contribution in [0.4, 0.5) is 0 Å². The predicted molar refractivity (Wildman–Crippen MR) is 112 cm³/mol. The van der Waals surface area contributed by atoms with Crippen molar-refractivity contribution in [2.75, 3.05) is 13.2 Å². The molecule has 0 radical (unpaired) electrons. The number of aromatic amines is 2. The molecule has 2 rings (SSSR count). The normalized spacial score (nSPS) is 10.8. The Morgan fingerprint density at radius 2 is 1.26 bits per heavy atom. The minimum absolute atomic E-state index is 0.0794. The Kier molecular flexibility index (Phi) is 7.43. The summed E-state index contributed by atoms with van der Waals surface area (Å²) < 4.78 is 15.4. The topological polar surface area (TPSA) is 128 Å². The second-order valence-corrected chi connectivity index (χ2v) is 7.42. The quantitative estimate of drug-likeness (QED) is 0.372. The molecule has 9 heteroatoms. The van der Waals surface area contributed by atoms with Gasteiger partial charge in [-0.05, 0) is 59.6 Å². The third-order valence-corrected chi connectivity index (χ3v) is 4.72. The van der Waals surface area contributed by atoms with Gasteiger partial charge in [0, 0.05) is 17.0 Å². The summed E-state index contributed by atoms with van der Waals surface area (Å²) in [5, 5.41) is 0. The molecule has 0 aliphatic carbocycles. The first-order chi connectivity index (χ1) is 14.5. The number of H-pyrrole nitrogens is 2. The lowest BCUT2D eigenvalue weighted by atomic mass is 10.1. The minimum atomic E-state index is -0.769. The van der Waals surface area contributed by atoms with Crippen molar-refractivity contribution in [3.05, 3.63) is 45.0 Å². The van der Waals surface area contributed by atoms with Crippen LogP contribution < -0.4 is 0 Å². The first-order valence-electron chi connectivity index (χ1n) is 9.96. The van der Waals surface area contributed by atoms with E-state index < -0.39 is 30.3 Å². The van der Waals surface area contributed by atoms with E-state index in [1.165, 1.54) is 0 Å². The number of ketones is 1. The molecular formula is C22H28N2O7. The lowest BCUT2D eigenvalue weighted by molar-refractivity contribution is 0.0375. The number of nitrogens with one attached hydrogen (secondary N) is 2. The highest BCUT2D eigenvalue weighted by Crippen LogP contribution is 2.22. The van der Waals surface area contributed by atoms with Gasteiger partial charge in [-0.25, -0.2) is 14.4 Å². The summed E-state index contributed by atoms with van der Waals surface area (Å²) in [6, 6.07) is 0. The summed E-state index contributed by atoms with van der Waals surface area (Å²) in [4.78, 5) is 55.2. The molecule has 0 bridgehead atoms. The van der Waals surface area contributed by atoms with E-state index in [0.717, 1.165) is 0 Å². The van der Waals surface area contributed by atoms with Crippen molar-refractivity contribution < 1.29 is 33.4 Å². The largest absolute Gasteiger partial charge is 0.461 e. The molecule has 0 atom stereocenters. The molecule has 0 saturated heterocycles. The fraction of sp³-hybridized carbons (Fsp3) is 0.455. The Morgan fingerprint density at radius 3 is 1.77 bits per heavy atom. The second kappa shape index (κ2) is 9.63. The van der Waals surface area contributed by atoms with Crippen LogP contribution in [0.25, 0.3) is 0 Å². The average molecular weight is 432 g/mol. The van der Waals surface area contributed by atoms with Gasteiger partial charge in [-0.15, -0.1) is 0 Å². The molecule has 2 heterocycles. The van der Waals surface area contributed by atoms with Crippen LogP contribution >= 0.6 is 0 Å². The van der Waals surface area contributed by atoms with Crippen LogP contribution in [0.15, 0.2) is 0 Å². The molecule has 31 heavy (non-hydrogen) atoms. The predicted octanol–water partition coefficient (Wildman–Crippen LogP) is 3.36. The summed E-state index contributed by atoms with van der Waals surface area (Å²) in [6.07, 6.45) is -0.304. The monoisotopic (exact) mass is 432 g/mol. The lowest BCUT2D eigenvalue weighted by Crippen LogP contribution is -2.17. The summed E-state index contributed by atoms with van der Waals surface area (Å²) in [5.41, 5.74) is 2.58. The van der Waals surface area contributed by atoms with Crippen LogP contribution in [-0.4, -0.2) is 53.0 Å². The zero-order valence-corrected chi connectivity index (χ0v) is 18.8. The van der Waals surface area contributed by atoms with Gasteiger partial charge in [0.2, 0.25) is 5.78 Å². The van der Waals surface area contributed by atoms with E-state index in [4.69, 9.17) is 14.2 Å². The Hall–Kier alpha value is -3.36. The van der Waals surface area contributed by atoms with Crippen LogP contribution in [0, 0.1) is 27.7 Å². The standard InChI is InChI=1S/C22H28N2O7/c1-8-29-21(27)18-11(4)16(13(6)23-18)15(25)9-30-22(28)19-12(5)17(14(7)24-19)20(26)31-10(2)3/h10,23-24H,8-9H2,1-7H3. The molecule has 0 saturated carbocycles. The average Bonchev–Trinajstić information content (AvgIpc) is 3.14. The highest BCUT2D eigenvalue weighted by molar-refractivity contribution is 6.04. The van der Waals surface area contributed by atoms with E-state index in [0.29, 0.717) is 22.5 Å². The summed E-state index contributed by atoms with van der Waals surface area (Å²) in [7, 11) is 0.